The molecule has 0 amide bonds. The standard InChI is InChI=1S/C24H25N7O3.C18H19N5O2S.C12H17N3O3.C12H15N3O3.C12H19N3O.C7H4FNO3.C5H12N2.C5H13N/c1-24(34)10-3-2-4-11-30-22(33)17-13-26-23(27-16-8-9-18(25)15(12-16)14-32)29-21(17)31(30)20-7-5-6-19(24)28-20;1-18(25)9-4-3-5-10-22-16(24)12-11-19-17(26-2)21-15(12)23(22)14-8-6-7-13(18)20-14;2*1-13-4-6-14(7-5-13)12-3-2-11(15(17)18)8-10(12)9-16;1-14-4-6-15(7-5-14)12-3-2-11(13)8-10(12)9-16;8-7-2-1-6(9(11)12)3-5(7)4-10;1-7-4-2-6-3-5-7;1-4-6(3)5-2/h2,4-9,12-13,32,34H,3,10-11,14,25H2,1H3,(H,26,27,29);3,5-8,11,25H,4,9-10H2,1-2H3;2-3,8,16H,4-7,9H2,1H3;2-3,8-9H,4-7H2,1H3;2-3,8,16H,4-7,9,13H2,1H3;1-4H;6H,2-5H2,1H3;4-5H2,1-3H3/b4-2-;5-3-;;;;;;/t24-;18-;;;;;;/m11....../s1. The number of piperazine rings is 4. The smallest absolute Gasteiger partial charge is 0.278 e. The lowest BCUT2D eigenvalue weighted by molar-refractivity contribution is -0.385. The number of hydrogen-bond donors (Lipinski definition) is 9. The number of aliphatic hydroxyl groups excluding tert-OH is 3. The quantitative estimate of drug-likeness (QED) is 0.00827. The van der Waals surface area contributed by atoms with Gasteiger partial charge in [-0.3, -0.25) is 49.5 Å². The molecule has 11 N–H and O–H groups in total. The number of nitrogens with two attached hydrogens (primary N) is 2. The second-order valence-electron chi connectivity index (χ2n) is 33.8. The largest absolute Gasteiger partial charge is 0.399 e. The van der Waals surface area contributed by atoms with Crippen molar-refractivity contribution in [2.45, 2.75) is 103 Å². The monoisotopic (exact) mass is 1910 g/mol. The van der Waals surface area contributed by atoms with Crippen LogP contribution in [0.5, 0.6) is 0 Å². The fraction of sp³-hybridized carbons (Fsp3) is 0.411. The van der Waals surface area contributed by atoms with E-state index in [1.165, 1.54) is 55.3 Å². The number of thioether (sulfide) groups is 1. The third kappa shape index (κ3) is 28.7. The number of aldehydes is 2. The van der Waals surface area contributed by atoms with Crippen LogP contribution >= 0.6 is 11.8 Å². The number of nitro benzene ring substituents is 3. The van der Waals surface area contributed by atoms with E-state index in [1.54, 1.807) is 81.2 Å². The Morgan fingerprint density at radius 2 is 0.956 bits per heavy atom. The first kappa shape index (κ1) is 106. The van der Waals surface area contributed by atoms with Gasteiger partial charge in [0.05, 0.1) is 64.6 Å². The number of carbonyl (C=O) groups excluding carboxylic acids is 2. The third-order valence-electron chi connectivity index (χ3n) is 23.9. The number of aromatic nitrogens is 10. The zero-order valence-corrected chi connectivity index (χ0v) is 79.8. The summed E-state index contributed by atoms with van der Waals surface area (Å²) in [5.74, 6) is 0.543. The number of aliphatic hydroxyl groups is 5. The predicted molar refractivity (Wildman–Crippen MR) is 531 cm³/mol. The Hall–Kier alpha value is -13.2. The molecule has 2 atom stereocenters. The van der Waals surface area contributed by atoms with Crippen molar-refractivity contribution in [2.75, 3.05) is 191 Å². The fourth-order valence-electron chi connectivity index (χ4n) is 15.3. The number of carbonyl (C=O) groups is 2. The molecule has 4 bridgehead atoms. The van der Waals surface area contributed by atoms with E-state index >= 15 is 0 Å². The molecule has 5 aromatic carbocycles. The zero-order chi connectivity index (χ0) is 99.2. The lowest BCUT2D eigenvalue weighted by Crippen LogP contribution is -2.44. The Morgan fingerprint density at radius 3 is 1.40 bits per heavy atom. The summed E-state index contributed by atoms with van der Waals surface area (Å²) in [5, 5.41) is 89.2. The van der Waals surface area contributed by atoms with Crippen LogP contribution in [0.4, 0.5) is 61.5 Å². The summed E-state index contributed by atoms with van der Waals surface area (Å²) in [4.78, 5) is 122. The molecule has 12 heterocycles. The lowest BCUT2D eigenvalue weighted by atomic mass is 9.95. The number of rotatable bonds is 16. The Labute approximate surface area is 797 Å². The summed E-state index contributed by atoms with van der Waals surface area (Å²) in [7, 11) is 10.5. The molecule has 6 aliphatic rings. The van der Waals surface area contributed by atoms with Gasteiger partial charge < -0.3 is 86.8 Å². The van der Waals surface area contributed by atoms with Gasteiger partial charge >= 0.3 is 0 Å². The summed E-state index contributed by atoms with van der Waals surface area (Å²) in [5.41, 5.74) is 17.6. The molecule has 0 saturated carbocycles. The third-order valence-corrected chi connectivity index (χ3v) is 24.5. The average Bonchev–Trinajstić information content (AvgIpc) is 1.61. The Kier molecular flexibility index (Phi) is 39.0. The Balaban J connectivity index is 0.000000170. The van der Waals surface area contributed by atoms with Gasteiger partial charge in [0, 0.05) is 210 Å². The van der Waals surface area contributed by atoms with Crippen LogP contribution < -0.4 is 47.9 Å². The normalized spacial score (nSPS) is 17.7. The molecule has 137 heavy (non-hydrogen) atoms. The highest BCUT2D eigenvalue weighted by atomic mass is 32.2. The van der Waals surface area contributed by atoms with E-state index in [2.05, 4.69) is 122 Å². The molecule has 4 fully saturated rings. The molecule has 0 spiro atoms. The number of nitrogens with zero attached hydrogens (tertiary/aromatic N) is 21. The molecule has 0 unspecified atom stereocenters. The molecule has 732 valence electrons. The minimum Gasteiger partial charge on any atom is -0.399 e. The number of halogens is 1. The van der Waals surface area contributed by atoms with Crippen LogP contribution in [0.15, 0.2) is 179 Å². The van der Waals surface area contributed by atoms with Crippen LogP contribution in [-0.2, 0) is 44.1 Å². The molecule has 0 radical (unpaired) electrons. The van der Waals surface area contributed by atoms with E-state index < -0.39 is 31.8 Å². The van der Waals surface area contributed by atoms with Crippen LogP contribution in [0, 0.1) is 36.2 Å². The molecule has 11 aromatic rings. The van der Waals surface area contributed by atoms with E-state index in [-0.39, 0.29) is 65.8 Å². The summed E-state index contributed by atoms with van der Waals surface area (Å²) in [6.45, 7) is 26.6. The number of benzene rings is 5. The van der Waals surface area contributed by atoms with Crippen molar-refractivity contribution in [2.24, 2.45) is 0 Å². The van der Waals surface area contributed by atoms with Crippen LogP contribution in [0.3, 0.4) is 0 Å². The number of anilines is 7. The van der Waals surface area contributed by atoms with Crippen molar-refractivity contribution in [1.29, 1.82) is 0 Å². The van der Waals surface area contributed by atoms with E-state index in [4.69, 9.17) is 11.5 Å². The number of fused-ring (bicyclic) bond motifs is 12. The first-order valence-corrected chi connectivity index (χ1v) is 46.3. The van der Waals surface area contributed by atoms with Crippen LogP contribution in [0.1, 0.15) is 102 Å². The highest BCUT2D eigenvalue weighted by Gasteiger charge is 2.30. The van der Waals surface area contributed by atoms with E-state index in [9.17, 15) is 79.4 Å². The minimum atomic E-state index is -1.11. The molecular weight excluding hydrogens is 1780 g/mol. The van der Waals surface area contributed by atoms with Gasteiger partial charge in [-0.1, -0.05) is 62.0 Å². The average molecular weight is 1910 g/mol. The Morgan fingerprint density at radius 1 is 0.526 bits per heavy atom. The first-order valence-electron chi connectivity index (χ1n) is 45.0. The van der Waals surface area contributed by atoms with Crippen LogP contribution in [0.25, 0.3) is 33.7 Å². The van der Waals surface area contributed by atoms with E-state index in [1.807, 2.05) is 80.1 Å². The Bertz CT molecular complexity index is 6120. The second kappa shape index (κ2) is 50.5. The molecule has 17 rings (SSSR count). The summed E-state index contributed by atoms with van der Waals surface area (Å²) in [6, 6.07) is 33.6. The number of pyridine rings is 2. The van der Waals surface area contributed by atoms with Crippen molar-refractivity contribution in [3.63, 3.8) is 0 Å². The van der Waals surface area contributed by atoms with Gasteiger partial charge in [0.15, 0.2) is 40.7 Å². The molecule has 40 nitrogen and oxygen atoms in total. The molecule has 6 aromatic heterocycles. The number of nitrogen functional groups attached to an aromatic ring is 2. The number of nitrogens with one attached hydrogen (secondary N) is 2. The van der Waals surface area contributed by atoms with Gasteiger partial charge in [-0.25, -0.2) is 48.0 Å². The predicted octanol–water partition coefficient (Wildman–Crippen LogP) is 9.15. The summed E-state index contributed by atoms with van der Waals surface area (Å²) < 4.78 is 19.1. The zero-order valence-electron chi connectivity index (χ0n) is 79.0. The summed E-state index contributed by atoms with van der Waals surface area (Å²) >= 11 is 1.42. The van der Waals surface area contributed by atoms with Gasteiger partial charge in [-0.05, 0) is 173 Å². The number of nitro groups is 3. The molecule has 0 aliphatic carbocycles. The number of non-ortho nitro benzene ring substituents is 3. The van der Waals surface area contributed by atoms with Crippen LogP contribution in [0.2, 0.25) is 0 Å². The number of allylic oxidation sites excluding steroid dienone is 4. The number of likely N-dealkylation sites (N-methyl/N-ethyl adjacent to an activating group) is 4. The minimum absolute atomic E-state index is 0.0249. The van der Waals surface area contributed by atoms with Gasteiger partial charge in [-0.2, -0.15) is 4.98 Å². The second-order valence-corrected chi connectivity index (χ2v) is 34.6. The van der Waals surface area contributed by atoms with Gasteiger partial charge in [0.25, 0.3) is 28.2 Å². The topological polar surface area (TPSA) is 498 Å². The van der Waals surface area contributed by atoms with Gasteiger partial charge in [-0.15, -0.1) is 0 Å². The van der Waals surface area contributed by atoms with Crippen molar-refractivity contribution in [1.82, 2.24) is 78.4 Å². The van der Waals surface area contributed by atoms with E-state index in [0.29, 0.717) is 129 Å². The maximum atomic E-state index is 13.2. The van der Waals surface area contributed by atoms with Crippen molar-refractivity contribution in [3.8, 4) is 11.6 Å². The van der Waals surface area contributed by atoms with Crippen molar-refractivity contribution < 1.29 is 54.3 Å². The molecular formula is C95H124FN25O15S. The molecule has 6 aliphatic heterocycles. The fourth-order valence-corrected chi connectivity index (χ4v) is 15.6. The van der Waals surface area contributed by atoms with Gasteiger partial charge in [0.1, 0.15) is 27.8 Å². The van der Waals surface area contributed by atoms with E-state index in [0.717, 1.165) is 146 Å². The summed E-state index contributed by atoms with van der Waals surface area (Å²) in [6.07, 6.45) is 16.1. The van der Waals surface area contributed by atoms with Gasteiger partial charge in [0.2, 0.25) is 5.95 Å². The maximum Gasteiger partial charge on any atom is 0.278 e. The SMILES string of the molecule is CCN(C)CC.CN1CCN(c2ccc(N)cc2CO)CC1.CN1CCN(c2ccc([N+](=O)[O-])cc2C=O)CC1.CN1CCN(c2ccc([N+](=O)[O-])cc2CO)CC1.CN1CCNCC1.CSc1ncc2c(=O)n3n(c2n1)-c1cccc(n1)[C@](C)(O)CC/C=C\C3.C[C@@]1(O)CC/C=C\Cn2c(=O)c3cnc(Nc4ccc(N)c(CO)c4)nc3n2-c2cccc1n2.O=Cc1cc([N+](=O)[O-])ccc1F. The molecule has 4 saturated heterocycles. The first-order chi connectivity index (χ1) is 65.7. The highest BCUT2D eigenvalue weighted by molar-refractivity contribution is 7.98. The number of hydrogen-bond acceptors (Lipinski definition) is 34. The van der Waals surface area contributed by atoms with Crippen molar-refractivity contribution >= 4 is 104 Å². The van der Waals surface area contributed by atoms with Crippen LogP contribution in [-0.4, -0.2) is 285 Å². The molecule has 42 heteroatoms. The van der Waals surface area contributed by atoms with Crippen molar-refractivity contribution in [3.05, 3.63) is 260 Å². The lowest BCUT2D eigenvalue weighted by Gasteiger charge is -2.35. The maximum absolute atomic E-state index is 13.2. The highest BCUT2D eigenvalue weighted by Crippen LogP contribution is 2.33.